The molecule has 6 nitrogen and oxygen atoms in total. The van der Waals surface area contributed by atoms with Gasteiger partial charge in [0.15, 0.2) is 0 Å². The van der Waals surface area contributed by atoms with Crippen LogP contribution in [0.5, 0.6) is 5.75 Å². The van der Waals surface area contributed by atoms with Crippen LogP contribution < -0.4 is 10.5 Å². The maximum atomic E-state index is 11.6. The third-order valence-electron chi connectivity index (χ3n) is 1.88. The molecular formula is C9H14N2O4S. The second kappa shape index (κ2) is 4.69. The van der Waals surface area contributed by atoms with E-state index in [2.05, 4.69) is 4.72 Å². The highest BCUT2D eigenvalue weighted by Crippen LogP contribution is 2.22. The summed E-state index contributed by atoms with van der Waals surface area (Å²) in [6.07, 6.45) is -0.774. The Bertz CT molecular complexity index is 470. The lowest BCUT2D eigenvalue weighted by atomic mass is 10.3. The lowest BCUT2D eigenvalue weighted by molar-refractivity contribution is 0.198. The molecule has 1 rings (SSSR count). The van der Waals surface area contributed by atoms with Gasteiger partial charge >= 0.3 is 0 Å². The standard InChI is InChI=1S/C9H14N2O4S/c1-6(12)5-11-16(14,15)7-2-3-9(13)8(10)4-7/h2-4,6,11-13H,5,10H2,1H3/t6-/m0/s1. The van der Waals surface area contributed by atoms with Gasteiger partial charge < -0.3 is 15.9 Å². The molecule has 5 N–H and O–H groups in total. The fourth-order valence-corrected chi connectivity index (χ4v) is 2.17. The molecule has 0 aliphatic carbocycles. The normalized spacial score (nSPS) is 13.6. The van der Waals surface area contributed by atoms with Crippen molar-refractivity contribution in [3.8, 4) is 5.75 Å². The van der Waals surface area contributed by atoms with E-state index in [0.29, 0.717) is 0 Å². The van der Waals surface area contributed by atoms with Crippen molar-refractivity contribution in [1.82, 2.24) is 4.72 Å². The number of phenolic OH excluding ortho intramolecular Hbond substituents is 1. The van der Waals surface area contributed by atoms with Crippen LogP contribution in [0.1, 0.15) is 6.92 Å². The van der Waals surface area contributed by atoms with Gasteiger partial charge in [-0.2, -0.15) is 0 Å². The Labute approximate surface area is 93.8 Å². The minimum atomic E-state index is -3.70. The highest BCUT2D eigenvalue weighted by Gasteiger charge is 2.15. The predicted octanol–water partition coefficient (Wildman–Crippen LogP) is -0.367. The number of phenols is 1. The van der Waals surface area contributed by atoms with Gasteiger partial charge in [0.2, 0.25) is 10.0 Å². The van der Waals surface area contributed by atoms with Crippen LogP contribution in [0.3, 0.4) is 0 Å². The fraction of sp³-hybridized carbons (Fsp3) is 0.333. The number of aliphatic hydroxyl groups excluding tert-OH is 1. The number of hydrogen-bond donors (Lipinski definition) is 4. The van der Waals surface area contributed by atoms with Gasteiger partial charge in [-0.05, 0) is 25.1 Å². The van der Waals surface area contributed by atoms with Crippen molar-refractivity contribution in [2.75, 3.05) is 12.3 Å². The summed E-state index contributed by atoms with van der Waals surface area (Å²) in [7, 11) is -3.70. The zero-order valence-corrected chi connectivity index (χ0v) is 9.53. The third-order valence-corrected chi connectivity index (χ3v) is 3.30. The van der Waals surface area contributed by atoms with E-state index in [4.69, 9.17) is 15.9 Å². The fourth-order valence-electron chi connectivity index (χ4n) is 1.01. The van der Waals surface area contributed by atoms with Gasteiger partial charge in [-0.15, -0.1) is 0 Å². The average Bonchev–Trinajstić information content (AvgIpc) is 2.19. The molecule has 7 heteroatoms. The monoisotopic (exact) mass is 246 g/mol. The summed E-state index contributed by atoms with van der Waals surface area (Å²) in [6, 6.07) is 3.59. The van der Waals surface area contributed by atoms with Crippen LogP contribution in [0.2, 0.25) is 0 Å². The zero-order valence-electron chi connectivity index (χ0n) is 8.71. The lowest BCUT2D eigenvalue weighted by Crippen LogP contribution is -2.30. The summed E-state index contributed by atoms with van der Waals surface area (Å²) < 4.78 is 25.5. The molecule has 0 amide bonds. The lowest BCUT2D eigenvalue weighted by Gasteiger charge is -2.09. The summed E-state index contributed by atoms with van der Waals surface area (Å²) in [6.45, 7) is 1.39. The van der Waals surface area contributed by atoms with Crippen molar-refractivity contribution in [3.63, 3.8) is 0 Å². The van der Waals surface area contributed by atoms with Crippen LogP contribution in [-0.2, 0) is 10.0 Å². The number of hydrogen-bond acceptors (Lipinski definition) is 5. The van der Waals surface area contributed by atoms with Gasteiger partial charge in [0.25, 0.3) is 0 Å². The molecule has 0 saturated heterocycles. The molecule has 1 aromatic carbocycles. The molecule has 0 heterocycles. The number of nitrogens with two attached hydrogens (primary N) is 1. The van der Waals surface area contributed by atoms with Crippen LogP contribution in [0, 0.1) is 0 Å². The Hall–Kier alpha value is -1.31. The SMILES string of the molecule is C[C@H](O)CNS(=O)(=O)c1ccc(O)c(N)c1. The summed E-state index contributed by atoms with van der Waals surface area (Å²) in [5, 5.41) is 18.1. The first-order valence-electron chi connectivity index (χ1n) is 4.59. The van der Waals surface area contributed by atoms with E-state index in [0.717, 1.165) is 6.07 Å². The van der Waals surface area contributed by atoms with Gasteiger partial charge in [-0.25, -0.2) is 13.1 Å². The molecule has 0 radical (unpaired) electrons. The van der Waals surface area contributed by atoms with Crippen LogP contribution in [0.15, 0.2) is 23.1 Å². The van der Waals surface area contributed by atoms with E-state index < -0.39 is 16.1 Å². The van der Waals surface area contributed by atoms with Crippen molar-refractivity contribution in [2.24, 2.45) is 0 Å². The molecule has 1 aromatic rings. The van der Waals surface area contributed by atoms with E-state index in [9.17, 15) is 8.42 Å². The summed E-state index contributed by atoms with van der Waals surface area (Å²) in [4.78, 5) is -0.0524. The number of benzene rings is 1. The molecule has 0 bridgehead atoms. The van der Waals surface area contributed by atoms with Crippen molar-refractivity contribution < 1.29 is 18.6 Å². The maximum absolute atomic E-state index is 11.6. The summed E-state index contributed by atoms with van der Waals surface area (Å²) >= 11 is 0. The van der Waals surface area contributed by atoms with Crippen molar-refractivity contribution >= 4 is 15.7 Å². The first-order chi connectivity index (χ1) is 7.33. The zero-order chi connectivity index (χ0) is 12.3. The van der Waals surface area contributed by atoms with E-state index in [-0.39, 0.29) is 22.9 Å². The molecule has 1 atom stereocenters. The summed E-state index contributed by atoms with van der Waals surface area (Å²) in [5.41, 5.74) is 5.37. The smallest absolute Gasteiger partial charge is 0.240 e. The molecule has 0 spiro atoms. The molecule has 0 aromatic heterocycles. The largest absolute Gasteiger partial charge is 0.506 e. The van der Waals surface area contributed by atoms with Gasteiger partial charge in [-0.1, -0.05) is 0 Å². The van der Waals surface area contributed by atoms with Gasteiger partial charge in [0.05, 0.1) is 16.7 Å². The van der Waals surface area contributed by atoms with Crippen LogP contribution in [0.4, 0.5) is 5.69 Å². The number of aromatic hydroxyl groups is 1. The van der Waals surface area contributed by atoms with Crippen LogP contribution in [0.25, 0.3) is 0 Å². The Morgan fingerprint density at radius 3 is 2.62 bits per heavy atom. The van der Waals surface area contributed by atoms with Crippen molar-refractivity contribution in [1.29, 1.82) is 0 Å². The Morgan fingerprint density at radius 2 is 2.12 bits per heavy atom. The molecule has 0 aliphatic rings. The minimum Gasteiger partial charge on any atom is -0.506 e. The van der Waals surface area contributed by atoms with Crippen molar-refractivity contribution in [3.05, 3.63) is 18.2 Å². The van der Waals surface area contributed by atoms with E-state index in [1.54, 1.807) is 0 Å². The minimum absolute atomic E-state index is 0.0140. The second-order valence-electron chi connectivity index (χ2n) is 3.42. The number of sulfonamides is 1. The van der Waals surface area contributed by atoms with Crippen molar-refractivity contribution in [2.45, 2.75) is 17.9 Å². The molecular weight excluding hydrogens is 232 g/mol. The van der Waals surface area contributed by atoms with Gasteiger partial charge in [-0.3, -0.25) is 0 Å². The Morgan fingerprint density at radius 1 is 1.50 bits per heavy atom. The maximum Gasteiger partial charge on any atom is 0.240 e. The number of rotatable bonds is 4. The molecule has 16 heavy (non-hydrogen) atoms. The molecule has 0 unspecified atom stereocenters. The quantitative estimate of drug-likeness (QED) is 0.428. The van der Waals surface area contributed by atoms with Crippen LogP contribution in [-0.4, -0.2) is 31.3 Å². The second-order valence-corrected chi connectivity index (χ2v) is 5.19. The summed E-state index contributed by atoms with van der Waals surface area (Å²) in [5.74, 6) is -0.172. The topological polar surface area (TPSA) is 113 Å². The number of aliphatic hydroxyl groups is 1. The third kappa shape index (κ3) is 3.09. The molecule has 0 aliphatic heterocycles. The highest BCUT2D eigenvalue weighted by molar-refractivity contribution is 7.89. The number of nitrogen functional groups attached to an aromatic ring is 1. The average molecular weight is 246 g/mol. The van der Waals surface area contributed by atoms with E-state index in [1.165, 1.54) is 19.1 Å². The first-order valence-corrected chi connectivity index (χ1v) is 6.07. The van der Waals surface area contributed by atoms with Crippen LogP contribution >= 0.6 is 0 Å². The van der Waals surface area contributed by atoms with E-state index in [1.807, 2.05) is 0 Å². The Balaban J connectivity index is 2.94. The first kappa shape index (κ1) is 12.8. The predicted molar refractivity (Wildman–Crippen MR) is 59.4 cm³/mol. The Kier molecular flexibility index (Phi) is 3.74. The molecule has 90 valence electrons. The van der Waals surface area contributed by atoms with E-state index >= 15 is 0 Å². The molecule has 0 fully saturated rings. The highest BCUT2D eigenvalue weighted by atomic mass is 32.2. The van der Waals surface area contributed by atoms with Gasteiger partial charge in [0.1, 0.15) is 5.75 Å². The number of anilines is 1. The number of nitrogens with one attached hydrogen (secondary N) is 1. The molecule has 0 saturated carbocycles. The van der Waals surface area contributed by atoms with Gasteiger partial charge in [0, 0.05) is 6.54 Å².